The molecule has 1 heterocycles. The average molecular weight is 314 g/mol. The highest BCUT2D eigenvalue weighted by molar-refractivity contribution is 5.95. The molecule has 6 heteroatoms. The summed E-state index contributed by atoms with van der Waals surface area (Å²) < 4.78 is 16.2. The van der Waals surface area contributed by atoms with E-state index in [-0.39, 0.29) is 12.5 Å². The predicted molar refractivity (Wildman–Crippen MR) is 87.5 cm³/mol. The topological polar surface area (TPSA) is 68.8 Å². The van der Waals surface area contributed by atoms with Crippen molar-refractivity contribution in [1.82, 2.24) is 0 Å². The number of hydrogen-bond donors (Lipinski definition) is 2. The largest absolute Gasteiger partial charge is 0.495 e. The van der Waals surface area contributed by atoms with Gasteiger partial charge in [-0.15, -0.1) is 0 Å². The molecule has 0 saturated heterocycles. The van der Waals surface area contributed by atoms with E-state index in [1.54, 1.807) is 19.2 Å². The second kappa shape index (κ2) is 6.91. The Balaban J connectivity index is 1.58. The van der Waals surface area contributed by atoms with Crippen LogP contribution in [0.4, 0.5) is 11.4 Å². The van der Waals surface area contributed by atoms with Crippen LogP contribution in [0.2, 0.25) is 0 Å². The van der Waals surface area contributed by atoms with Crippen molar-refractivity contribution in [2.75, 3.05) is 37.5 Å². The lowest BCUT2D eigenvalue weighted by Gasteiger charge is -2.19. The summed E-state index contributed by atoms with van der Waals surface area (Å²) in [5.41, 5.74) is 1.44. The van der Waals surface area contributed by atoms with Crippen LogP contribution in [0.25, 0.3) is 0 Å². The first-order valence-electron chi connectivity index (χ1n) is 7.32. The summed E-state index contributed by atoms with van der Waals surface area (Å²) in [5, 5.41) is 5.88. The Morgan fingerprint density at radius 3 is 2.74 bits per heavy atom. The maximum atomic E-state index is 12.1. The molecule has 0 atom stereocenters. The molecule has 1 aliphatic heterocycles. The van der Waals surface area contributed by atoms with Gasteiger partial charge in [-0.05, 0) is 24.3 Å². The molecule has 0 aliphatic carbocycles. The smallest absolute Gasteiger partial charge is 0.243 e. The van der Waals surface area contributed by atoms with Gasteiger partial charge in [0.15, 0.2) is 11.5 Å². The number of nitrogens with one attached hydrogen (secondary N) is 2. The van der Waals surface area contributed by atoms with E-state index in [0.717, 1.165) is 11.4 Å². The molecular formula is C17H18N2O4. The number of ether oxygens (including phenoxy) is 3. The lowest BCUT2D eigenvalue weighted by atomic mass is 10.2. The molecule has 0 radical (unpaired) electrons. The van der Waals surface area contributed by atoms with E-state index in [4.69, 9.17) is 14.2 Å². The minimum absolute atomic E-state index is 0.137. The summed E-state index contributed by atoms with van der Waals surface area (Å²) >= 11 is 0. The second-order valence-corrected chi connectivity index (χ2v) is 4.96. The fourth-order valence-electron chi connectivity index (χ4n) is 2.28. The van der Waals surface area contributed by atoms with Crippen molar-refractivity contribution < 1.29 is 19.0 Å². The summed E-state index contributed by atoms with van der Waals surface area (Å²) in [6.45, 7) is 1.23. The first kappa shape index (κ1) is 15.0. The van der Waals surface area contributed by atoms with Gasteiger partial charge in [0.05, 0.1) is 19.3 Å². The minimum Gasteiger partial charge on any atom is -0.495 e. The normalized spacial score (nSPS) is 12.4. The Bertz CT molecular complexity index is 703. The number of fused-ring (bicyclic) bond motifs is 1. The van der Waals surface area contributed by atoms with E-state index < -0.39 is 0 Å². The van der Waals surface area contributed by atoms with Crippen molar-refractivity contribution in [3.8, 4) is 17.2 Å². The molecule has 6 nitrogen and oxygen atoms in total. The fraction of sp³-hybridized carbons (Fsp3) is 0.235. The highest BCUT2D eigenvalue weighted by atomic mass is 16.6. The molecule has 1 aliphatic rings. The van der Waals surface area contributed by atoms with Crippen LogP contribution < -0.4 is 24.8 Å². The van der Waals surface area contributed by atoms with Gasteiger partial charge in [0.1, 0.15) is 19.0 Å². The quantitative estimate of drug-likeness (QED) is 0.887. The molecular weight excluding hydrogens is 296 g/mol. The van der Waals surface area contributed by atoms with Crippen molar-refractivity contribution in [3.05, 3.63) is 42.5 Å². The number of carbonyl (C=O) groups is 1. The van der Waals surface area contributed by atoms with Crippen LogP contribution >= 0.6 is 0 Å². The molecule has 3 rings (SSSR count). The molecule has 1 amide bonds. The Labute approximate surface area is 134 Å². The van der Waals surface area contributed by atoms with Crippen molar-refractivity contribution in [1.29, 1.82) is 0 Å². The van der Waals surface area contributed by atoms with Gasteiger partial charge in [-0.1, -0.05) is 12.1 Å². The van der Waals surface area contributed by atoms with Crippen LogP contribution in [0.3, 0.4) is 0 Å². The summed E-state index contributed by atoms with van der Waals surface area (Å²) in [6, 6.07) is 12.8. The average Bonchev–Trinajstić information content (AvgIpc) is 2.60. The van der Waals surface area contributed by atoms with E-state index in [1.165, 1.54) is 0 Å². The Morgan fingerprint density at radius 1 is 1.13 bits per heavy atom. The van der Waals surface area contributed by atoms with Gasteiger partial charge < -0.3 is 24.8 Å². The van der Waals surface area contributed by atoms with E-state index in [9.17, 15) is 4.79 Å². The summed E-state index contributed by atoms with van der Waals surface area (Å²) in [5.74, 6) is 1.87. The van der Waals surface area contributed by atoms with Crippen LogP contribution in [0.1, 0.15) is 0 Å². The lowest BCUT2D eigenvalue weighted by Crippen LogP contribution is -2.22. The van der Waals surface area contributed by atoms with Crippen molar-refractivity contribution >= 4 is 17.3 Å². The highest BCUT2D eigenvalue weighted by Crippen LogP contribution is 2.32. The highest BCUT2D eigenvalue weighted by Gasteiger charge is 2.12. The van der Waals surface area contributed by atoms with Crippen LogP contribution in [-0.4, -0.2) is 32.8 Å². The number of amides is 1. The molecule has 120 valence electrons. The molecule has 2 aromatic carbocycles. The van der Waals surface area contributed by atoms with Gasteiger partial charge >= 0.3 is 0 Å². The third-order valence-electron chi connectivity index (χ3n) is 3.38. The summed E-state index contributed by atoms with van der Waals surface area (Å²) in [7, 11) is 1.57. The zero-order chi connectivity index (χ0) is 16.1. The predicted octanol–water partition coefficient (Wildman–Crippen LogP) is 2.52. The summed E-state index contributed by atoms with van der Waals surface area (Å²) in [4.78, 5) is 12.1. The van der Waals surface area contributed by atoms with Crippen molar-refractivity contribution in [3.63, 3.8) is 0 Å². The fourth-order valence-corrected chi connectivity index (χ4v) is 2.28. The van der Waals surface area contributed by atoms with Gasteiger partial charge in [0.25, 0.3) is 0 Å². The molecule has 2 N–H and O–H groups in total. The monoisotopic (exact) mass is 314 g/mol. The van der Waals surface area contributed by atoms with Crippen LogP contribution in [0.15, 0.2) is 42.5 Å². The van der Waals surface area contributed by atoms with Gasteiger partial charge in [-0.3, -0.25) is 4.79 Å². The maximum Gasteiger partial charge on any atom is 0.243 e. The number of methoxy groups -OCH3 is 1. The number of anilines is 2. The molecule has 0 spiro atoms. The third-order valence-corrected chi connectivity index (χ3v) is 3.38. The van der Waals surface area contributed by atoms with Crippen LogP contribution in [-0.2, 0) is 4.79 Å². The van der Waals surface area contributed by atoms with Crippen LogP contribution in [0, 0.1) is 0 Å². The standard InChI is InChI=1S/C17H18N2O4/c1-21-14-5-3-2-4-13(14)19-17(20)11-18-12-6-7-15-16(10-12)23-9-8-22-15/h2-7,10,18H,8-9,11H2,1H3,(H,19,20). The molecule has 23 heavy (non-hydrogen) atoms. The van der Waals surface area contributed by atoms with Crippen molar-refractivity contribution in [2.45, 2.75) is 0 Å². The Morgan fingerprint density at radius 2 is 1.91 bits per heavy atom. The second-order valence-electron chi connectivity index (χ2n) is 4.96. The molecule has 0 fully saturated rings. The number of hydrogen-bond acceptors (Lipinski definition) is 5. The van der Waals surface area contributed by atoms with E-state index in [2.05, 4.69) is 10.6 Å². The third kappa shape index (κ3) is 3.66. The van der Waals surface area contributed by atoms with E-state index in [1.807, 2.05) is 30.3 Å². The number of para-hydroxylation sites is 2. The maximum absolute atomic E-state index is 12.1. The van der Waals surface area contributed by atoms with Crippen LogP contribution in [0.5, 0.6) is 17.2 Å². The van der Waals surface area contributed by atoms with Gasteiger partial charge in [-0.2, -0.15) is 0 Å². The molecule has 0 aromatic heterocycles. The lowest BCUT2D eigenvalue weighted by molar-refractivity contribution is -0.114. The molecule has 0 bridgehead atoms. The number of rotatable bonds is 5. The first-order chi connectivity index (χ1) is 11.3. The molecule has 0 unspecified atom stereocenters. The van der Waals surface area contributed by atoms with E-state index in [0.29, 0.717) is 30.4 Å². The minimum atomic E-state index is -0.163. The Hall–Kier alpha value is -2.89. The number of benzene rings is 2. The Kier molecular flexibility index (Phi) is 4.52. The zero-order valence-electron chi connectivity index (χ0n) is 12.8. The SMILES string of the molecule is COc1ccccc1NC(=O)CNc1ccc2c(c1)OCCO2. The van der Waals surface area contributed by atoms with E-state index >= 15 is 0 Å². The molecule has 0 saturated carbocycles. The summed E-state index contributed by atoms with van der Waals surface area (Å²) in [6.07, 6.45) is 0. The zero-order valence-corrected chi connectivity index (χ0v) is 12.8. The number of carbonyl (C=O) groups excluding carboxylic acids is 1. The van der Waals surface area contributed by atoms with Gasteiger partial charge in [0, 0.05) is 11.8 Å². The van der Waals surface area contributed by atoms with Crippen molar-refractivity contribution in [2.24, 2.45) is 0 Å². The van der Waals surface area contributed by atoms with Gasteiger partial charge in [-0.25, -0.2) is 0 Å². The first-order valence-corrected chi connectivity index (χ1v) is 7.32. The molecule has 2 aromatic rings. The van der Waals surface area contributed by atoms with Gasteiger partial charge in [0.2, 0.25) is 5.91 Å².